The Balaban J connectivity index is 2.00. The molecule has 10 N–H and O–H groups in total. The SMILES string of the molecule is O=C(O)[C@]1(O)C[C@H](O)[C@@H](O)[C@H]([C@H](O)[C@H](O)CO[C@H]2O[C@H](CO)[C@@H](O)[C@H](O)[C@@H]2O)O1. The van der Waals surface area contributed by atoms with Crippen LogP contribution in [0.25, 0.3) is 0 Å². The van der Waals surface area contributed by atoms with Gasteiger partial charge in [-0.25, -0.2) is 4.79 Å². The van der Waals surface area contributed by atoms with Crippen molar-refractivity contribution in [2.75, 3.05) is 13.2 Å². The first-order valence-electron chi connectivity index (χ1n) is 8.71. The maximum Gasteiger partial charge on any atom is 0.364 e. The van der Waals surface area contributed by atoms with Gasteiger partial charge in [-0.3, -0.25) is 0 Å². The monoisotopic (exact) mass is 430 g/mol. The van der Waals surface area contributed by atoms with E-state index in [1.807, 2.05) is 0 Å². The molecule has 2 heterocycles. The van der Waals surface area contributed by atoms with Gasteiger partial charge in [0.05, 0.1) is 19.3 Å². The van der Waals surface area contributed by atoms with Gasteiger partial charge in [0.1, 0.15) is 48.8 Å². The molecule has 29 heavy (non-hydrogen) atoms. The van der Waals surface area contributed by atoms with Gasteiger partial charge >= 0.3 is 5.97 Å². The number of aliphatic hydroxyl groups is 9. The minimum Gasteiger partial charge on any atom is -0.477 e. The van der Waals surface area contributed by atoms with Crippen molar-refractivity contribution in [3.05, 3.63) is 0 Å². The topological polar surface area (TPSA) is 247 Å². The van der Waals surface area contributed by atoms with Gasteiger partial charge in [-0.05, 0) is 0 Å². The molecule has 0 bridgehead atoms. The lowest BCUT2D eigenvalue weighted by Crippen LogP contribution is -2.63. The molecule has 2 fully saturated rings. The first-order valence-corrected chi connectivity index (χ1v) is 8.71. The maximum atomic E-state index is 11.1. The fourth-order valence-corrected chi connectivity index (χ4v) is 3.09. The molecule has 14 nitrogen and oxygen atoms in total. The predicted octanol–water partition coefficient (Wildman–Crippen LogP) is -6.19. The lowest BCUT2D eigenvalue weighted by Gasteiger charge is -2.43. The van der Waals surface area contributed by atoms with E-state index in [0.29, 0.717) is 0 Å². The highest BCUT2D eigenvalue weighted by atomic mass is 16.7. The van der Waals surface area contributed by atoms with E-state index in [1.54, 1.807) is 0 Å². The van der Waals surface area contributed by atoms with Gasteiger partial charge in [0, 0.05) is 6.42 Å². The van der Waals surface area contributed by atoms with Crippen molar-refractivity contribution < 1.29 is 70.1 Å². The number of hydrogen-bond donors (Lipinski definition) is 10. The predicted molar refractivity (Wildman–Crippen MR) is 85.8 cm³/mol. The van der Waals surface area contributed by atoms with Crippen LogP contribution in [0.15, 0.2) is 0 Å². The van der Waals surface area contributed by atoms with Gasteiger partial charge in [0.2, 0.25) is 0 Å². The average molecular weight is 430 g/mol. The van der Waals surface area contributed by atoms with Crippen LogP contribution in [0.3, 0.4) is 0 Å². The number of carboxylic acids is 1. The van der Waals surface area contributed by atoms with E-state index in [-0.39, 0.29) is 0 Å². The van der Waals surface area contributed by atoms with Gasteiger partial charge in [-0.2, -0.15) is 0 Å². The maximum absolute atomic E-state index is 11.1. The highest BCUT2D eigenvalue weighted by molar-refractivity contribution is 5.75. The second kappa shape index (κ2) is 9.42. The van der Waals surface area contributed by atoms with Crippen LogP contribution in [0.4, 0.5) is 0 Å². The summed E-state index contributed by atoms with van der Waals surface area (Å²) in [6.07, 6.45) is -18.4. The molecule has 0 aromatic heterocycles. The quantitative estimate of drug-likeness (QED) is 0.180. The second-order valence-corrected chi connectivity index (χ2v) is 7.02. The summed E-state index contributed by atoms with van der Waals surface area (Å²) in [5.74, 6) is -4.80. The number of carbonyl (C=O) groups is 1. The molecule has 2 aliphatic rings. The van der Waals surface area contributed by atoms with Crippen LogP contribution in [-0.4, -0.2) is 137 Å². The number of aliphatic carboxylic acids is 1. The Kier molecular flexibility index (Phi) is 7.88. The van der Waals surface area contributed by atoms with Crippen molar-refractivity contribution in [2.45, 2.75) is 73.4 Å². The highest BCUT2D eigenvalue weighted by Gasteiger charge is 2.53. The molecule has 2 aliphatic heterocycles. The smallest absolute Gasteiger partial charge is 0.364 e. The van der Waals surface area contributed by atoms with E-state index in [2.05, 4.69) is 0 Å². The molecule has 0 radical (unpaired) electrons. The lowest BCUT2D eigenvalue weighted by molar-refractivity contribution is -0.321. The van der Waals surface area contributed by atoms with E-state index in [9.17, 15) is 45.6 Å². The molecular formula is C15H26O14. The standard InChI is InChI=1S/C15H26O14/c16-2-6-9(21)10(22)11(23)13(28-6)27-3-5(18)8(20)12-7(19)4(17)1-15(26,29-12)14(24)25/h4-13,16-23,26H,1-3H2,(H,24,25)/t4-,5+,6+,7+,8+,9+,10-,11-,12+,13-,15-/m0/s1. The minimum absolute atomic E-state index is 0.719. The third kappa shape index (κ3) is 5.01. The average Bonchev–Trinajstić information content (AvgIpc) is 2.67. The molecule has 0 amide bonds. The number of hydrogen-bond acceptors (Lipinski definition) is 13. The number of ether oxygens (including phenoxy) is 3. The van der Waals surface area contributed by atoms with Crippen molar-refractivity contribution in [3.8, 4) is 0 Å². The molecule has 2 saturated heterocycles. The molecule has 14 heteroatoms. The Morgan fingerprint density at radius 1 is 1.07 bits per heavy atom. The molecule has 0 saturated carbocycles. The first kappa shape index (κ1) is 24.3. The van der Waals surface area contributed by atoms with Gasteiger partial charge < -0.3 is 65.3 Å². The van der Waals surface area contributed by atoms with Gasteiger partial charge in [-0.15, -0.1) is 0 Å². The number of aliphatic hydroxyl groups excluding tert-OH is 8. The Hall–Kier alpha value is -1.01. The third-order valence-corrected chi connectivity index (χ3v) is 4.89. The molecular weight excluding hydrogens is 404 g/mol. The second-order valence-electron chi connectivity index (χ2n) is 7.02. The summed E-state index contributed by atoms with van der Waals surface area (Å²) in [4.78, 5) is 11.1. The summed E-state index contributed by atoms with van der Waals surface area (Å²) < 4.78 is 14.9. The van der Waals surface area contributed by atoms with E-state index >= 15 is 0 Å². The van der Waals surface area contributed by atoms with Gasteiger partial charge in [0.15, 0.2) is 6.29 Å². The van der Waals surface area contributed by atoms with Gasteiger partial charge in [-0.1, -0.05) is 0 Å². The first-order chi connectivity index (χ1) is 13.4. The Labute approximate surface area is 163 Å². The molecule has 0 unspecified atom stereocenters. The molecule has 0 aromatic carbocycles. The largest absolute Gasteiger partial charge is 0.477 e. The molecule has 0 aliphatic carbocycles. The van der Waals surface area contributed by atoms with Crippen LogP contribution in [0, 0.1) is 0 Å². The summed E-state index contributed by atoms with van der Waals surface area (Å²) in [6.45, 7) is -1.53. The van der Waals surface area contributed by atoms with Crippen molar-refractivity contribution in [3.63, 3.8) is 0 Å². The minimum atomic E-state index is -2.91. The molecule has 0 spiro atoms. The van der Waals surface area contributed by atoms with Crippen LogP contribution in [0.2, 0.25) is 0 Å². The normalized spacial score (nSPS) is 45.6. The fourth-order valence-electron chi connectivity index (χ4n) is 3.09. The van der Waals surface area contributed by atoms with Crippen LogP contribution in [0.5, 0.6) is 0 Å². The lowest BCUT2D eigenvalue weighted by atomic mass is 9.91. The molecule has 170 valence electrons. The van der Waals surface area contributed by atoms with E-state index in [0.717, 1.165) is 0 Å². The Morgan fingerprint density at radius 3 is 2.24 bits per heavy atom. The summed E-state index contributed by atoms with van der Waals surface area (Å²) in [5.41, 5.74) is 0. The summed E-state index contributed by atoms with van der Waals surface area (Å²) in [7, 11) is 0. The third-order valence-electron chi connectivity index (χ3n) is 4.89. The molecule has 11 atom stereocenters. The Morgan fingerprint density at radius 2 is 1.69 bits per heavy atom. The van der Waals surface area contributed by atoms with E-state index < -0.39 is 92.6 Å². The zero-order chi connectivity index (χ0) is 22.1. The summed E-state index contributed by atoms with van der Waals surface area (Å²) in [5, 5.41) is 97.1. The zero-order valence-electron chi connectivity index (χ0n) is 15.0. The molecule has 0 aromatic rings. The molecule has 2 rings (SSSR count). The van der Waals surface area contributed by atoms with Crippen molar-refractivity contribution in [1.29, 1.82) is 0 Å². The van der Waals surface area contributed by atoms with Crippen LogP contribution >= 0.6 is 0 Å². The van der Waals surface area contributed by atoms with Crippen LogP contribution in [-0.2, 0) is 19.0 Å². The van der Waals surface area contributed by atoms with E-state index in [1.165, 1.54) is 0 Å². The highest BCUT2D eigenvalue weighted by Crippen LogP contribution is 2.30. The van der Waals surface area contributed by atoms with Crippen LogP contribution in [0.1, 0.15) is 6.42 Å². The van der Waals surface area contributed by atoms with Crippen molar-refractivity contribution >= 4 is 5.97 Å². The van der Waals surface area contributed by atoms with Crippen LogP contribution < -0.4 is 0 Å². The summed E-state index contributed by atoms with van der Waals surface area (Å²) in [6, 6.07) is 0. The number of carboxylic acid groups (broad SMARTS) is 1. The fraction of sp³-hybridized carbons (Fsp3) is 0.933. The summed E-state index contributed by atoms with van der Waals surface area (Å²) >= 11 is 0. The number of rotatable bonds is 7. The van der Waals surface area contributed by atoms with Crippen molar-refractivity contribution in [2.24, 2.45) is 0 Å². The zero-order valence-corrected chi connectivity index (χ0v) is 15.0. The van der Waals surface area contributed by atoms with Crippen molar-refractivity contribution in [1.82, 2.24) is 0 Å². The van der Waals surface area contributed by atoms with E-state index in [4.69, 9.17) is 24.4 Å². The van der Waals surface area contributed by atoms with Gasteiger partial charge in [0.25, 0.3) is 5.79 Å². The Bertz CT molecular complexity index is 559.